The Labute approximate surface area is 153 Å². The molecule has 5 heteroatoms. The third-order valence-corrected chi connectivity index (χ3v) is 4.71. The van der Waals surface area contributed by atoms with E-state index in [1.54, 1.807) is 0 Å². The second kappa shape index (κ2) is 14.7. The second-order valence-corrected chi connectivity index (χ2v) is 6.97. The van der Waals surface area contributed by atoms with Crippen molar-refractivity contribution in [2.75, 3.05) is 19.8 Å². The van der Waals surface area contributed by atoms with Crippen molar-refractivity contribution in [3.05, 3.63) is 12.2 Å². The molecule has 1 aliphatic rings. The molecule has 0 aliphatic carbocycles. The maximum absolute atomic E-state index is 9.83. The Hall–Kier alpha value is -0.460. The first kappa shape index (κ1) is 22.6. The summed E-state index contributed by atoms with van der Waals surface area (Å²) < 4.78 is 10.9. The molecule has 148 valence electrons. The minimum absolute atomic E-state index is 0.140. The van der Waals surface area contributed by atoms with Crippen LogP contribution >= 0.6 is 0 Å². The van der Waals surface area contributed by atoms with Gasteiger partial charge in [-0.2, -0.15) is 0 Å². The van der Waals surface area contributed by atoms with Crippen molar-refractivity contribution < 1.29 is 24.8 Å². The molecule has 4 atom stereocenters. The molecule has 0 aromatic rings. The van der Waals surface area contributed by atoms with Crippen LogP contribution in [0.1, 0.15) is 71.1 Å². The SMILES string of the molecule is CCCCCCCCCC/C=C/CCO[C@@H]1[C@H]([C@@H](O)CO)OC[C@H]1O. The molecule has 1 saturated heterocycles. The number of hydrogen-bond acceptors (Lipinski definition) is 5. The predicted molar refractivity (Wildman–Crippen MR) is 99.6 cm³/mol. The number of aliphatic hydroxyl groups excluding tert-OH is 3. The monoisotopic (exact) mass is 358 g/mol. The van der Waals surface area contributed by atoms with Gasteiger partial charge in [-0.05, 0) is 19.3 Å². The van der Waals surface area contributed by atoms with Gasteiger partial charge >= 0.3 is 0 Å². The molecule has 1 aliphatic heterocycles. The van der Waals surface area contributed by atoms with Gasteiger partial charge in [0.05, 0.1) is 19.8 Å². The molecule has 1 rings (SSSR count). The summed E-state index contributed by atoms with van der Waals surface area (Å²) in [5.74, 6) is 0. The standard InChI is InChI=1S/C20H38O5/c1-2-3-4-5-6-7-8-9-10-11-12-13-14-24-20-18(23)16-25-19(20)17(22)15-21/h11-12,17-23H,2-10,13-16H2,1H3/b12-11+/t17-,18+,19-,20-/m0/s1. The van der Waals surface area contributed by atoms with Gasteiger partial charge in [-0.3, -0.25) is 0 Å². The minimum atomic E-state index is -1.01. The van der Waals surface area contributed by atoms with Crippen molar-refractivity contribution in [3.63, 3.8) is 0 Å². The van der Waals surface area contributed by atoms with Crippen LogP contribution in [0.15, 0.2) is 12.2 Å². The minimum Gasteiger partial charge on any atom is -0.394 e. The van der Waals surface area contributed by atoms with Gasteiger partial charge in [-0.1, -0.05) is 64.0 Å². The first-order valence-corrected chi connectivity index (χ1v) is 10.1. The van der Waals surface area contributed by atoms with Crippen molar-refractivity contribution in [2.45, 2.75) is 95.5 Å². The summed E-state index contributed by atoms with van der Waals surface area (Å²) in [6.45, 7) is 2.47. The van der Waals surface area contributed by atoms with Crippen molar-refractivity contribution in [3.8, 4) is 0 Å². The summed E-state index contributed by atoms with van der Waals surface area (Å²) in [5.41, 5.74) is 0. The number of unbranched alkanes of at least 4 members (excludes halogenated alkanes) is 8. The first-order chi connectivity index (χ1) is 12.2. The molecule has 0 saturated carbocycles. The van der Waals surface area contributed by atoms with Gasteiger partial charge in [0, 0.05) is 0 Å². The Balaban J connectivity index is 1.99. The zero-order valence-electron chi connectivity index (χ0n) is 15.8. The average Bonchev–Trinajstić information content (AvgIpc) is 2.99. The van der Waals surface area contributed by atoms with Crippen molar-refractivity contribution in [1.82, 2.24) is 0 Å². The highest BCUT2D eigenvalue weighted by Gasteiger charge is 2.40. The highest BCUT2D eigenvalue weighted by atomic mass is 16.6. The normalized spacial score (nSPS) is 25.0. The summed E-state index contributed by atoms with van der Waals surface area (Å²) in [5, 5.41) is 28.5. The smallest absolute Gasteiger partial charge is 0.114 e. The van der Waals surface area contributed by atoms with Gasteiger partial charge < -0.3 is 24.8 Å². The Bertz CT molecular complexity index is 334. The molecule has 0 bridgehead atoms. The van der Waals surface area contributed by atoms with E-state index in [1.165, 1.54) is 51.4 Å². The molecule has 0 amide bonds. The number of rotatable bonds is 15. The molecule has 3 N–H and O–H groups in total. The molecule has 1 heterocycles. The Kier molecular flexibility index (Phi) is 13.3. The molecule has 0 spiro atoms. The topological polar surface area (TPSA) is 79.2 Å². The van der Waals surface area contributed by atoms with E-state index >= 15 is 0 Å². The lowest BCUT2D eigenvalue weighted by Crippen LogP contribution is -2.42. The summed E-state index contributed by atoms with van der Waals surface area (Å²) >= 11 is 0. The van der Waals surface area contributed by atoms with Crippen molar-refractivity contribution >= 4 is 0 Å². The van der Waals surface area contributed by atoms with E-state index in [1.807, 2.05) is 0 Å². The van der Waals surface area contributed by atoms with Crippen LogP contribution in [-0.4, -0.2) is 59.6 Å². The van der Waals surface area contributed by atoms with Crippen LogP contribution in [0.25, 0.3) is 0 Å². The van der Waals surface area contributed by atoms with Gasteiger partial charge in [0.15, 0.2) is 0 Å². The van der Waals surface area contributed by atoms with Crippen molar-refractivity contribution in [2.24, 2.45) is 0 Å². The lowest BCUT2D eigenvalue weighted by Gasteiger charge is -2.23. The van der Waals surface area contributed by atoms with E-state index in [0.717, 1.165) is 12.8 Å². The van der Waals surface area contributed by atoms with Crippen LogP contribution in [0.3, 0.4) is 0 Å². The maximum atomic E-state index is 9.83. The lowest BCUT2D eigenvalue weighted by molar-refractivity contribution is -0.0924. The fourth-order valence-electron chi connectivity index (χ4n) is 3.16. The van der Waals surface area contributed by atoms with Crippen LogP contribution < -0.4 is 0 Å². The average molecular weight is 359 g/mol. The maximum Gasteiger partial charge on any atom is 0.114 e. The van der Waals surface area contributed by atoms with E-state index in [9.17, 15) is 10.2 Å². The zero-order valence-corrected chi connectivity index (χ0v) is 15.8. The second-order valence-electron chi connectivity index (χ2n) is 6.97. The van der Waals surface area contributed by atoms with Crippen LogP contribution in [0.2, 0.25) is 0 Å². The highest BCUT2D eigenvalue weighted by molar-refractivity contribution is 4.89. The van der Waals surface area contributed by atoms with Crippen LogP contribution in [0.5, 0.6) is 0 Å². The molecule has 0 aromatic heterocycles. The number of ether oxygens (including phenoxy) is 2. The highest BCUT2D eigenvalue weighted by Crippen LogP contribution is 2.21. The van der Waals surface area contributed by atoms with E-state index in [0.29, 0.717) is 6.61 Å². The molecular formula is C20H38O5. The van der Waals surface area contributed by atoms with Crippen molar-refractivity contribution in [1.29, 1.82) is 0 Å². The molecular weight excluding hydrogens is 320 g/mol. The summed E-state index contributed by atoms with van der Waals surface area (Å²) in [6.07, 6.45) is 13.9. The number of allylic oxidation sites excluding steroid dienone is 1. The Morgan fingerprint density at radius 3 is 2.36 bits per heavy atom. The van der Waals surface area contributed by atoms with Crippen LogP contribution in [-0.2, 0) is 9.47 Å². The summed E-state index contributed by atoms with van der Waals surface area (Å²) in [6, 6.07) is 0. The lowest BCUT2D eigenvalue weighted by atomic mass is 10.1. The third-order valence-electron chi connectivity index (χ3n) is 4.71. The first-order valence-electron chi connectivity index (χ1n) is 10.1. The van der Waals surface area contributed by atoms with Crippen LogP contribution in [0, 0.1) is 0 Å². The van der Waals surface area contributed by atoms with Gasteiger partial charge in [-0.15, -0.1) is 0 Å². The molecule has 0 unspecified atom stereocenters. The fraction of sp³-hybridized carbons (Fsp3) is 0.900. The van der Waals surface area contributed by atoms with Gasteiger partial charge in [0.25, 0.3) is 0 Å². The van der Waals surface area contributed by atoms with Gasteiger partial charge in [-0.25, -0.2) is 0 Å². The summed E-state index contributed by atoms with van der Waals surface area (Å²) in [4.78, 5) is 0. The molecule has 5 nitrogen and oxygen atoms in total. The quantitative estimate of drug-likeness (QED) is 0.310. The van der Waals surface area contributed by atoms with E-state index in [-0.39, 0.29) is 6.61 Å². The molecule has 25 heavy (non-hydrogen) atoms. The third kappa shape index (κ3) is 9.71. The summed E-state index contributed by atoms with van der Waals surface area (Å²) in [7, 11) is 0. The van der Waals surface area contributed by atoms with Gasteiger partial charge in [0.2, 0.25) is 0 Å². The fourth-order valence-corrected chi connectivity index (χ4v) is 3.16. The molecule has 1 fully saturated rings. The molecule has 0 aromatic carbocycles. The van der Waals surface area contributed by atoms with E-state index in [2.05, 4.69) is 19.1 Å². The van der Waals surface area contributed by atoms with Crippen LogP contribution in [0.4, 0.5) is 0 Å². The Morgan fingerprint density at radius 1 is 1.04 bits per heavy atom. The number of hydrogen-bond donors (Lipinski definition) is 3. The van der Waals surface area contributed by atoms with Gasteiger partial charge in [0.1, 0.15) is 24.4 Å². The number of aliphatic hydroxyl groups is 3. The zero-order chi connectivity index (χ0) is 18.3. The largest absolute Gasteiger partial charge is 0.394 e. The predicted octanol–water partition coefficient (Wildman–Crippen LogP) is 2.96. The van der Waals surface area contributed by atoms with E-state index < -0.39 is 31.0 Å². The van der Waals surface area contributed by atoms with E-state index in [4.69, 9.17) is 14.6 Å². The molecule has 0 radical (unpaired) electrons. The Morgan fingerprint density at radius 2 is 1.68 bits per heavy atom.